The summed E-state index contributed by atoms with van der Waals surface area (Å²) < 4.78 is 14.0. The monoisotopic (exact) mass is 457 g/mol. The van der Waals surface area contributed by atoms with Crippen LogP contribution in [0.4, 0.5) is 4.79 Å². The fourth-order valence-corrected chi connectivity index (χ4v) is 4.68. The van der Waals surface area contributed by atoms with Gasteiger partial charge in [-0.2, -0.15) is 0 Å². The van der Waals surface area contributed by atoms with E-state index in [0.29, 0.717) is 19.7 Å². The number of para-hydroxylation sites is 1. The van der Waals surface area contributed by atoms with Gasteiger partial charge in [0.15, 0.2) is 0 Å². The Labute approximate surface area is 200 Å². The van der Waals surface area contributed by atoms with Crippen LogP contribution in [0.2, 0.25) is 0 Å². The molecule has 4 aromatic rings. The van der Waals surface area contributed by atoms with Crippen LogP contribution in [0, 0.1) is 0 Å². The highest BCUT2D eigenvalue weighted by molar-refractivity contribution is 5.85. The predicted octanol–water partition coefficient (Wildman–Crippen LogP) is 5.60. The first-order chi connectivity index (χ1) is 16.4. The molecule has 5 rings (SSSR count). The summed E-state index contributed by atoms with van der Waals surface area (Å²) in [6.07, 6.45) is 5.33. The standard InChI is InChI=1S/C28H31N3O3/c1-28(2,3)34-27(32)31-16-11-20-9-10-22-12-15-30(26(22)23(20)13-17-31)18-19-33-24-8-4-6-21-7-5-14-29-25(21)24/h4-10,12,14-15H,11,13,16-19H2,1-3H3. The molecule has 0 atom stereocenters. The van der Waals surface area contributed by atoms with Crippen LogP contribution in [0.15, 0.2) is 60.9 Å². The molecule has 0 N–H and O–H groups in total. The Morgan fingerprint density at radius 3 is 2.68 bits per heavy atom. The van der Waals surface area contributed by atoms with Crippen molar-refractivity contribution in [2.45, 2.75) is 45.8 Å². The molecule has 0 bridgehead atoms. The summed E-state index contributed by atoms with van der Waals surface area (Å²) in [4.78, 5) is 19.0. The number of amides is 1. The number of pyridine rings is 1. The number of aromatic nitrogens is 2. The summed E-state index contributed by atoms with van der Waals surface area (Å²) in [5.74, 6) is 0.807. The number of benzene rings is 2. The largest absolute Gasteiger partial charge is 0.489 e. The molecule has 6 heteroatoms. The predicted molar refractivity (Wildman–Crippen MR) is 134 cm³/mol. The second-order valence-corrected chi connectivity index (χ2v) is 9.80. The van der Waals surface area contributed by atoms with Gasteiger partial charge in [-0.05, 0) is 68.3 Å². The Balaban J connectivity index is 1.33. The molecule has 0 fully saturated rings. The average molecular weight is 458 g/mol. The molecule has 0 aliphatic carbocycles. The molecule has 0 spiro atoms. The highest BCUT2D eigenvalue weighted by Gasteiger charge is 2.25. The summed E-state index contributed by atoms with van der Waals surface area (Å²) in [6.45, 7) is 8.33. The Bertz CT molecular complexity index is 1330. The van der Waals surface area contributed by atoms with Gasteiger partial charge in [0.1, 0.15) is 23.5 Å². The number of hydrogen-bond donors (Lipinski definition) is 0. The SMILES string of the molecule is CC(C)(C)OC(=O)N1CCc2ccc3ccn(CCOc4cccc5cccnc45)c3c2CC1. The van der Waals surface area contributed by atoms with E-state index in [-0.39, 0.29) is 6.09 Å². The van der Waals surface area contributed by atoms with E-state index in [0.717, 1.165) is 36.0 Å². The van der Waals surface area contributed by atoms with Crippen LogP contribution in [-0.4, -0.2) is 45.8 Å². The van der Waals surface area contributed by atoms with Crippen molar-refractivity contribution >= 4 is 27.9 Å². The number of rotatable bonds is 4. The van der Waals surface area contributed by atoms with Gasteiger partial charge >= 0.3 is 6.09 Å². The fraction of sp³-hybridized carbons (Fsp3) is 0.357. The van der Waals surface area contributed by atoms with Gasteiger partial charge in [0.25, 0.3) is 0 Å². The van der Waals surface area contributed by atoms with E-state index in [9.17, 15) is 4.79 Å². The van der Waals surface area contributed by atoms with Gasteiger partial charge in [-0.1, -0.05) is 30.3 Å². The first-order valence-corrected chi connectivity index (χ1v) is 11.9. The van der Waals surface area contributed by atoms with E-state index in [1.165, 1.54) is 22.0 Å². The fourth-order valence-electron chi connectivity index (χ4n) is 4.68. The summed E-state index contributed by atoms with van der Waals surface area (Å²) >= 11 is 0. The van der Waals surface area contributed by atoms with Crippen molar-refractivity contribution in [3.63, 3.8) is 0 Å². The summed E-state index contributed by atoms with van der Waals surface area (Å²) in [5, 5.41) is 2.29. The van der Waals surface area contributed by atoms with Crippen molar-refractivity contribution in [1.82, 2.24) is 14.5 Å². The smallest absolute Gasteiger partial charge is 0.410 e. The zero-order valence-corrected chi connectivity index (χ0v) is 20.1. The molecule has 6 nitrogen and oxygen atoms in total. The maximum Gasteiger partial charge on any atom is 0.410 e. The third-order valence-electron chi connectivity index (χ3n) is 6.25. The van der Waals surface area contributed by atoms with Crippen LogP contribution in [0.3, 0.4) is 0 Å². The van der Waals surface area contributed by atoms with Crippen LogP contribution < -0.4 is 4.74 Å². The Kier molecular flexibility index (Phi) is 5.90. The average Bonchev–Trinajstić information content (AvgIpc) is 3.09. The van der Waals surface area contributed by atoms with E-state index in [4.69, 9.17) is 9.47 Å². The van der Waals surface area contributed by atoms with E-state index in [1.807, 2.05) is 56.0 Å². The van der Waals surface area contributed by atoms with Crippen molar-refractivity contribution in [3.8, 4) is 5.75 Å². The third-order valence-corrected chi connectivity index (χ3v) is 6.25. The second kappa shape index (κ2) is 9.01. The number of carbonyl (C=O) groups excluding carboxylic acids is 1. The van der Waals surface area contributed by atoms with Gasteiger partial charge in [0, 0.05) is 30.9 Å². The molecule has 0 unspecified atom stereocenters. The van der Waals surface area contributed by atoms with Crippen LogP contribution >= 0.6 is 0 Å². The summed E-state index contributed by atoms with van der Waals surface area (Å²) in [5.41, 5.74) is 4.26. The number of nitrogens with zero attached hydrogens (tertiary/aromatic N) is 3. The van der Waals surface area contributed by atoms with Gasteiger partial charge in [0.2, 0.25) is 0 Å². The Morgan fingerprint density at radius 1 is 1.00 bits per heavy atom. The Morgan fingerprint density at radius 2 is 1.82 bits per heavy atom. The lowest BCUT2D eigenvalue weighted by atomic mass is 10.00. The van der Waals surface area contributed by atoms with Crippen LogP contribution in [0.25, 0.3) is 21.8 Å². The van der Waals surface area contributed by atoms with Gasteiger partial charge in [-0.15, -0.1) is 0 Å². The number of hydrogen-bond acceptors (Lipinski definition) is 4. The zero-order chi connectivity index (χ0) is 23.7. The lowest BCUT2D eigenvalue weighted by molar-refractivity contribution is 0.0258. The first-order valence-electron chi connectivity index (χ1n) is 11.9. The molecule has 1 aliphatic rings. The van der Waals surface area contributed by atoms with Gasteiger partial charge in [0.05, 0.1) is 12.1 Å². The van der Waals surface area contributed by atoms with Crippen molar-refractivity contribution in [2.75, 3.05) is 19.7 Å². The van der Waals surface area contributed by atoms with Crippen LogP contribution in [-0.2, 0) is 24.1 Å². The number of fused-ring (bicyclic) bond motifs is 4. The molecule has 0 saturated carbocycles. The number of ether oxygens (including phenoxy) is 2. The molecular formula is C28H31N3O3. The molecular weight excluding hydrogens is 426 g/mol. The topological polar surface area (TPSA) is 56.6 Å². The molecule has 0 saturated heterocycles. The third kappa shape index (κ3) is 4.58. The Hall–Kier alpha value is -3.54. The van der Waals surface area contributed by atoms with Gasteiger partial charge < -0.3 is 18.9 Å². The minimum atomic E-state index is -0.488. The lowest BCUT2D eigenvalue weighted by Crippen LogP contribution is -2.38. The highest BCUT2D eigenvalue weighted by atomic mass is 16.6. The van der Waals surface area contributed by atoms with E-state index < -0.39 is 5.60 Å². The van der Waals surface area contributed by atoms with E-state index >= 15 is 0 Å². The quantitative estimate of drug-likeness (QED) is 0.400. The summed E-state index contributed by atoms with van der Waals surface area (Å²) in [7, 11) is 0. The number of carbonyl (C=O) groups is 1. The van der Waals surface area contributed by atoms with Crippen molar-refractivity contribution < 1.29 is 14.3 Å². The first kappa shape index (κ1) is 22.3. The van der Waals surface area contributed by atoms with Crippen molar-refractivity contribution in [2.24, 2.45) is 0 Å². The van der Waals surface area contributed by atoms with Crippen molar-refractivity contribution in [1.29, 1.82) is 0 Å². The minimum Gasteiger partial charge on any atom is -0.489 e. The maximum absolute atomic E-state index is 12.6. The van der Waals surface area contributed by atoms with Crippen LogP contribution in [0.1, 0.15) is 31.9 Å². The van der Waals surface area contributed by atoms with Crippen LogP contribution in [0.5, 0.6) is 5.75 Å². The normalized spacial score (nSPS) is 14.1. The van der Waals surface area contributed by atoms with E-state index in [2.05, 4.69) is 33.9 Å². The van der Waals surface area contributed by atoms with Crippen molar-refractivity contribution in [3.05, 3.63) is 72.1 Å². The minimum absolute atomic E-state index is 0.232. The molecule has 0 radical (unpaired) electrons. The molecule has 2 aromatic heterocycles. The molecule has 176 valence electrons. The van der Waals surface area contributed by atoms with E-state index in [1.54, 1.807) is 6.20 Å². The molecule has 2 aromatic carbocycles. The molecule has 1 amide bonds. The van der Waals surface area contributed by atoms with Gasteiger partial charge in [-0.3, -0.25) is 4.98 Å². The molecule has 1 aliphatic heterocycles. The second-order valence-electron chi connectivity index (χ2n) is 9.80. The zero-order valence-electron chi connectivity index (χ0n) is 20.1. The maximum atomic E-state index is 12.6. The highest BCUT2D eigenvalue weighted by Crippen LogP contribution is 2.28. The lowest BCUT2D eigenvalue weighted by Gasteiger charge is -2.26. The molecule has 3 heterocycles. The molecule has 34 heavy (non-hydrogen) atoms. The van der Waals surface area contributed by atoms with Gasteiger partial charge in [-0.25, -0.2) is 4.79 Å². The summed E-state index contributed by atoms with van der Waals surface area (Å²) in [6, 6.07) is 16.6.